The van der Waals surface area contributed by atoms with Crippen molar-refractivity contribution in [1.29, 1.82) is 0 Å². The Morgan fingerprint density at radius 3 is 2.55 bits per heavy atom. The second kappa shape index (κ2) is 3.36. The second-order valence-corrected chi connectivity index (χ2v) is 3.05. The second-order valence-electron chi connectivity index (χ2n) is 1.90. The summed E-state index contributed by atoms with van der Waals surface area (Å²) in [6, 6.07) is 0.288. The molecule has 0 atom stereocenters. The highest BCUT2D eigenvalue weighted by atomic mass is 79.9. The molecule has 0 aliphatic rings. The number of methoxy groups -OCH3 is 1. The molecule has 1 heterocycles. The molecule has 0 aliphatic heterocycles. The van der Waals surface area contributed by atoms with Gasteiger partial charge in [-0.15, -0.1) is 0 Å². The molecule has 0 amide bonds. The molecule has 0 saturated heterocycles. The molecular weight excluding hydrogens is 231 g/mol. The zero-order valence-corrected chi connectivity index (χ0v) is 8.40. The maximum atomic E-state index is 5.72. The molecule has 0 N–H and O–H groups in total. The standard InChI is InChI=1S/C6H6BrClN2O/c1-3-4(7)5(8)10-6(9-3)11-2/h1-2H3. The van der Waals surface area contributed by atoms with Gasteiger partial charge in [-0.05, 0) is 22.9 Å². The van der Waals surface area contributed by atoms with Gasteiger partial charge in [-0.3, -0.25) is 0 Å². The van der Waals surface area contributed by atoms with Gasteiger partial charge in [-0.1, -0.05) is 11.6 Å². The van der Waals surface area contributed by atoms with Crippen LogP contribution in [0.4, 0.5) is 0 Å². The summed E-state index contributed by atoms with van der Waals surface area (Å²) in [5, 5.41) is 0.370. The third kappa shape index (κ3) is 1.81. The van der Waals surface area contributed by atoms with E-state index in [2.05, 4.69) is 25.9 Å². The van der Waals surface area contributed by atoms with E-state index < -0.39 is 0 Å². The number of nitrogens with zero attached hydrogens (tertiary/aromatic N) is 2. The summed E-state index contributed by atoms with van der Waals surface area (Å²) < 4.78 is 5.51. The fourth-order valence-corrected chi connectivity index (χ4v) is 0.978. The molecule has 0 radical (unpaired) electrons. The van der Waals surface area contributed by atoms with Crippen molar-refractivity contribution in [3.8, 4) is 6.01 Å². The summed E-state index contributed by atoms with van der Waals surface area (Å²) >= 11 is 8.95. The molecule has 3 nitrogen and oxygen atoms in total. The maximum Gasteiger partial charge on any atom is 0.317 e. The van der Waals surface area contributed by atoms with E-state index in [1.54, 1.807) is 0 Å². The number of halogens is 2. The van der Waals surface area contributed by atoms with Gasteiger partial charge in [0.1, 0.15) is 0 Å². The average Bonchev–Trinajstić information content (AvgIpc) is 1.99. The van der Waals surface area contributed by atoms with E-state index in [9.17, 15) is 0 Å². The summed E-state index contributed by atoms with van der Waals surface area (Å²) in [5.41, 5.74) is 0.766. The van der Waals surface area contributed by atoms with Crippen LogP contribution in [0.5, 0.6) is 6.01 Å². The number of hydrogen-bond donors (Lipinski definition) is 0. The van der Waals surface area contributed by atoms with Crippen molar-refractivity contribution in [2.75, 3.05) is 7.11 Å². The maximum absolute atomic E-state index is 5.72. The van der Waals surface area contributed by atoms with Crippen molar-refractivity contribution in [3.05, 3.63) is 15.3 Å². The molecule has 0 unspecified atom stereocenters. The number of ether oxygens (including phenoxy) is 1. The summed E-state index contributed by atoms with van der Waals surface area (Å²) in [4.78, 5) is 7.82. The lowest BCUT2D eigenvalue weighted by Gasteiger charge is -2.01. The first-order valence-corrected chi connectivity index (χ1v) is 4.06. The zero-order chi connectivity index (χ0) is 8.43. The van der Waals surface area contributed by atoms with Gasteiger partial charge >= 0.3 is 6.01 Å². The van der Waals surface area contributed by atoms with E-state index in [0.717, 1.165) is 5.69 Å². The van der Waals surface area contributed by atoms with E-state index in [1.807, 2.05) is 6.92 Å². The van der Waals surface area contributed by atoms with Crippen LogP contribution in [0.15, 0.2) is 4.47 Å². The molecule has 0 fully saturated rings. The van der Waals surface area contributed by atoms with Crippen molar-refractivity contribution >= 4 is 27.5 Å². The smallest absolute Gasteiger partial charge is 0.317 e. The topological polar surface area (TPSA) is 35.0 Å². The minimum Gasteiger partial charge on any atom is -0.467 e. The molecule has 5 heteroatoms. The lowest BCUT2D eigenvalue weighted by Crippen LogP contribution is -1.95. The lowest BCUT2D eigenvalue weighted by molar-refractivity contribution is 0.378. The summed E-state index contributed by atoms with van der Waals surface area (Å²) in [5.74, 6) is 0. The Bertz CT molecular complexity index is 256. The molecule has 1 aromatic heterocycles. The van der Waals surface area contributed by atoms with Crippen molar-refractivity contribution in [2.45, 2.75) is 6.92 Å². The predicted molar refractivity (Wildman–Crippen MR) is 46.0 cm³/mol. The molecule has 0 aliphatic carbocycles. The zero-order valence-electron chi connectivity index (χ0n) is 6.06. The van der Waals surface area contributed by atoms with Gasteiger partial charge in [0.05, 0.1) is 17.3 Å². The molecule has 11 heavy (non-hydrogen) atoms. The summed E-state index contributed by atoms with van der Waals surface area (Å²) in [6.45, 7) is 1.82. The Balaban J connectivity index is 3.21. The highest BCUT2D eigenvalue weighted by molar-refractivity contribution is 9.10. The molecule has 0 saturated carbocycles. The fraction of sp³-hybridized carbons (Fsp3) is 0.333. The van der Waals surface area contributed by atoms with Gasteiger partial charge < -0.3 is 4.74 Å². The van der Waals surface area contributed by atoms with Gasteiger partial charge in [0.15, 0.2) is 5.15 Å². The molecule has 1 aromatic rings. The van der Waals surface area contributed by atoms with E-state index in [-0.39, 0.29) is 6.01 Å². The van der Waals surface area contributed by atoms with Crippen LogP contribution in [0.2, 0.25) is 5.15 Å². The van der Waals surface area contributed by atoms with E-state index in [4.69, 9.17) is 16.3 Å². The average molecular weight is 237 g/mol. The van der Waals surface area contributed by atoms with Crippen LogP contribution in [-0.4, -0.2) is 17.1 Å². The third-order valence-electron chi connectivity index (χ3n) is 1.14. The van der Waals surface area contributed by atoms with Crippen LogP contribution in [0.3, 0.4) is 0 Å². The minimum atomic E-state index is 0.288. The van der Waals surface area contributed by atoms with E-state index in [0.29, 0.717) is 9.63 Å². The van der Waals surface area contributed by atoms with E-state index >= 15 is 0 Å². The minimum absolute atomic E-state index is 0.288. The molecule has 0 bridgehead atoms. The third-order valence-corrected chi connectivity index (χ3v) is 2.59. The first-order chi connectivity index (χ1) is 5.15. The lowest BCUT2D eigenvalue weighted by atomic mass is 10.5. The van der Waals surface area contributed by atoms with Gasteiger partial charge in [-0.2, -0.15) is 9.97 Å². The van der Waals surface area contributed by atoms with Crippen LogP contribution < -0.4 is 4.74 Å². The van der Waals surface area contributed by atoms with E-state index in [1.165, 1.54) is 7.11 Å². The highest BCUT2D eigenvalue weighted by Crippen LogP contribution is 2.24. The fourth-order valence-electron chi connectivity index (χ4n) is 0.591. The highest BCUT2D eigenvalue weighted by Gasteiger charge is 2.06. The van der Waals surface area contributed by atoms with Gasteiger partial charge in [-0.25, -0.2) is 0 Å². The largest absolute Gasteiger partial charge is 0.467 e. The van der Waals surface area contributed by atoms with Crippen molar-refractivity contribution < 1.29 is 4.74 Å². The van der Waals surface area contributed by atoms with Crippen molar-refractivity contribution in [1.82, 2.24) is 9.97 Å². The van der Waals surface area contributed by atoms with Crippen LogP contribution in [0, 0.1) is 6.92 Å². The van der Waals surface area contributed by atoms with Gasteiger partial charge in [0, 0.05) is 0 Å². The van der Waals surface area contributed by atoms with Crippen molar-refractivity contribution in [2.24, 2.45) is 0 Å². The van der Waals surface area contributed by atoms with Crippen LogP contribution >= 0.6 is 27.5 Å². The Morgan fingerprint density at radius 1 is 1.45 bits per heavy atom. The number of aryl methyl sites for hydroxylation is 1. The number of rotatable bonds is 1. The molecule has 60 valence electrons. The summed E-state index contributed by atoms with van der Waals surface area (Å²) in [6.07, 6.45) is 0. The Labute approximate surface area is 77.9 Å². The number of aromatic nitrogens is 2. The van der Waals surface area contributed by atoms with Crippen LogP contribution in [-0.2, 0) is 0 Å². The first-order valence-electron chi connectivity index (χ1n) is 2.88. The Kier molecular flexibility index (Phi) is 2.67. The Morgan fingerprint density at radius 2 is 2.09 bits per heavy atom. The predicted octanol–water partition coefficient (Wildman–Crippen LogP) is 2.21. The quantitative estimate of drug-likeness (QED) is 0.703. The summed E-state index contributed by atoms with van der Waals surface area (Å²) in [7, 11) is 1.50. The van der Waals surface area contributed by atoms with Crippen LogP contribution in [0.1, 0.15) is 5.69 Å². The van der Waals surface area contributed by atoms with Gasteiger partial charge in [0.2, 0.25) is 0 Å². The van der Waals surface area contributed by atoms with Gasteiger partial charge in [0.25, 0.3) is 0 Å². The van der Waals surface area contributed by atoms with Crippen molar-refractivity contribution in [3.63, 3.8) is 0 Å². The molecular formula is C6H6BrClN2O. The first kappa shape index (κ1) is 8.74. The Hall–Kier alpha value is -0.350. The van der Waals surface area contributed by atoms with Crippen LogP contribution in [0.25, 0.3) is 0 Å². The molecule has 0 spiro atoms. The normalized spacial score (nSPS) is 9.82. The number of hydrogen-bond acceptors (Lipinski definition) is 3. The SMILES string of the molecule is COc1nc(C)c(Br)c(Cl)n1. The molecule has 1 rings (SSSR count). The molecule has 0 aromatic carbocycles. The monoisotopic (exact) mass is 236 g/mol.